The van der Waals surface area contributed by atoms with Crippen LogP contribution in [0.3, 0.4) is 0 Å². The molecular weight excluding hydrogens is 351 g/mol. The highest BCUT2D eigenvalue weighted by Crippen LogP contribution is 2.41. The zero-order valence-corrected chi connectivity index (χ0v) is 15.9. The van der Waals surface area contributed by atoms with Gasteiger partial charge in [0.1, 0.15) is 11.6 Å². The van der Waals surface area contributed by atoms with Crippen molar-refractivity contribution in [1.82, 2.24) is 9.97 Å². The van der Waals surface area contributed by atoms with Crippen LogP contribution in [0.1, 0.15) is 53.5 Å². The molecule has 2 aliphatic rings. The lowest BCUT2D eigenvalue weighted by molar-refractivity contribution is 0.625. The van der Waals surface area contributed by atoms with E-state index >= 15 is 0 Å². The van der Waals surface area contributed by atoms with Crippen molar-refractivity contribution in [3.8, 4) is 0 Å². The number of nitrogens with zero attached hydrogens (tertiary/aromatic N) is 2. The summed E-state index contributed by atoms with van der Waals surface area (Å²) in [5, 5.41) is 6.57. The first kappa shape index (κ1) is 17.2. The van der Waals surface area contributed by atoms with E-state index in [1.54, 1.807) is 0 Å². The fraction of sp³-hybridized carbons (Fsp3) is 0.304. The molecule has 1 atom stereocenters. The van der Waals surface area contributed by atoms with E-state index < -0.39 is 0 Å². The van der Waals surface area contributed by atoms with Crippen molar-refractivity contribution in [2.45, 2.75) is 37.5 Å². The molecule has 1 saturated carbocycles. The third-order valence-corrected chi connectivity index (χ3v) is 5.78. The second-order valence-corrected chi connectivity index (χ2v) is 7.67. The molecule has 1 unspecified atom stereocenters. The minimum Gasteiger partial charge on any atom is -0.373 e. The average Bonchev–Trinajstić information content (AvgIpc) is 3.48. The van der Waals surface area contributed by atoms with E-state index in [0.717, 1.165) is 47.1 Å². The number of hydrogen-bond donors (Lipinski definition) is 2. The van der Waals surface area contributed by atoms with Crippen LogP contribution in [-0.2, 0) is 6.42 Å². The molecular formula is C23H23FN4. The molecule has 0 spiro atoms. The quantitative estimate of drug-likeness (QED) is 0.631. The Labute approximate surface area is 164 Å². The summed E-state index contributed by atoms with van der Waals surface area (Å²) in [7, 11) is 1.89. The molecule has 142 valence electrons. The van der Waals surface area contributed by atoms with Crippen LogP contribution in [0.4, 0.5) is 21.8 Å². The van der Waals surface area contributed by atoms with Crippen molar-refractivity contribution in [1.29, 1.82) is 0 Å². The molecule has 5 heteroatoms. The Bertz CT molecular complexity index is 994. The Hall–Kier alpha value is -2.95. The van der Waals surface area contributed by atoms with Gasteiger partial charge in [-0.15, -0.1) is 0 Å². The van der Waals surface area contributed by atoms with Gasteiger partial charge in [-0.05, 0) is 67.0 Å². The highest BCUT2D eigenvalue weighted by molar-refractivity contribution is 5.60. The zero-order valence-electron chi connectivity index (χ0n) is 15.9. The van der Waals surface area contributed by atoms with Gasteiger partial charge >= 0.3 is 0 Å². The molecule has 2 aliphatic carbocycles. The molecule has 0 saturated heterocycles. The molecule has 2 N–H and O–H groups in total. The molecule has 1 fully saturated rings. The van der Waals surface area contributed by atoms with Gasteiger partial charge in [0.05, 0.1) is 5.69 Å². The van der Waals surface area contributed by atoms with E-state index in [1.807, 2.05) is 19.2 Å². The van der Waals surface area contributed by atoms with Crippen LogP contribution >= 0.6 is 0 Å². The van der Waals surface area contributed by atoms with Crippen molar-refractivity contribution in [2.24, 2.45) is 0 Å². The summed E-state index contributed by atoms with van der Waals surface area (Å²) >= 11 is 0. The van der Waals surface area contributed by atoms with Crippen molar-refractivity contribution in [2.75, 3.05) is 17.7 Å². The maximum Gasteiger partial charge on any atom is 0.229 e. The van der Waals surface area contributed by atoms with Gasteiger partial charge in [-0.3, -0.25) is 0 Å². The van der Waals surface area contributed by atoms with Crippen LogP contribution in [0.25, 0.3) is 0 Å². The number of fused-ring (bicyclic) bond motifs is 1. The molecule has 0 amide bonds. The molecule has 0 radical (unpaired) electrons. The van der Waals surface area contributed by atoms with Crippen LogP contribution in [0.15, 0.2) is 48.5 Å². The van der Waals surface area contributed by atoms with E-state index in [4.69, 9.17) is 4.98 Å². The average molecular weight is 374 g/mol. The minimum absolute atomic E-state index is 0.170. The van der Waals surface area contributed by atoms with Crippen LogP contribution in [-0.4, -0.2) is 17.0 Å². The highest BCUT2D eigenvalue weighted by Gasteiger charge is 2.29. The first-order valence-electron chi connectivity index (χ1n) is 9.92. The van der Waals surface area contributed by atoms with Crippen LogP contribution in [0, 0.1) is 5.82 Å². The van der Waals surface area contributed by atoms with Gasteiger partial charge in [0.25, 0.3) is 0 Å². The number of nitrogens with one attached hydrogen (secondary N) is 2. The van der Waals surface area contributed by atoms with E-state index in [1.165, 1.54) is 30.5 Å². The van der Waals surface area contributed by atoms with Gasteiger partial charge < -0.3 is 10.6 Å². The molecule has 1 heterocycles. The fourth-order valence-electron chi connectivity index (χ4n) is 4.13. The predicted octanol–water partition coefficient (Wildman–Crippen LogP) is 5.36. The van der Waals surface area contributed by atoms with Crippen molar-refractivity contribution >= 4 is 17.5 Å². The molecule has 28 heavy (non-hydrogen) atoms. The van der Waals surface area contributed by atoms with Crippen LogP contribution in [0.2, 0.25) is 0 Å². The Morgan fingerprint density at radius 3 is 2.29 bits per heavy atom. The third-order valence-electron chi connectivity index (χ3n) is 5.78. The molecule has 2 aromatic carbocycles. The van der Waals surface area contributed by atoms with Gasteiger partial charge in [0.15, 0.2) is 0 Å². The summed E-state index contributed by atoms with van der Waals surface area (Å²) in [5.74, 6) is 2.17. The monoisotopic (exact) mass is 374 g/mol. The SMILES string of the molecule is CNc1nc(Nc2ccc(C3CC3)cc2)nc2c1CCC2c1ccc(F)cc1. The third kappa shape index (κ3) is 3.21. The molecule has 0 bridgehead atoms. The molecule has 4 nitrogen and oxygen atoms in total. The van der Waals surface area contributed by atoms with Gasteiger partial charge in [0.2, 0.25) is 5.95 Å². The second kappa shape index (κ2) is 6.89. The summed E-state index contributed by atoms with van der Waals surface area (Å²) < 4.78 is 13.3. The molecule has 3 aromatic rings. The van der Waals surface area contributed by atoms with E-state index in [-0.39, 0.29) is 11.7 Å². The summed E-state index contributed by atoms with van der Waals surface area (Å²) in [5.41, 5.74) is 5.69. The normalized spacial score (nSPS) is 18.0. The fourth-order valence-corrected chi connectivity index (χ4v) is 4.13. The van der Waals surface area contributed by atoms with Crippen LogP contribution in [0.5, 0.6) is 0 Å². The zero-order chi connectivity index (χ0) is 19.1. The number of hydrogen-bond acceptors (Lipinski definition) is 4. The van der Waals surface area contributed by atoms with Gasteiger partial charge in [-0.25, -0.2) is 9.37 Å². The van der Waals surface area contributed by atoms with Gasteiger partial charge in [-0.2, -0.15) is 4.98 Å². The first-order valence-corrected chi connectivity index (χ1v) is 9.92. The Morgan fingerprint density at radius 1 is 0.893 bits per heavy atom. The Morgan fingerprint density at radius 2 is 1.61 bits per heavy atom. The first-order chi connectivity index (χ1) is 13.7. The predicted molar refractivity (Wildman–Crippen MR) is 110 cm³/mol. The van der Waals surface area contributed by atoms with E-state index in [9.17, 15) is 4.39 Å². The summed E-state index contributed by atoms with van der Waals surface area (Å²) in [4.78, 5) is 9.53. The van der Waals surface area contributed by atoms with Gasteiger partial charge in [0, 0.05) is 24.2 Å². The minimum atomic E-state index is -0.211. The summed E-state index contributed by atoms with van der Waals surface area (Å²) in [6.07, 6.45) is 4.49. The molecule has 1 aromatic heterocycles. The molecule has 0 aliphatic heterocycles. The van der Waals surface area contributed by atoms with Crippen molar-refractivity contribution in [3.63, 3.8) is 0 Å². The number of anilines is 3. The number of rotatable bonds is 5. The Balaban J connectivity index is 1.46. The maximum absolute atomic E-state index is 13.3. The van der Waals surface area contributed by atoms with Crippen molar-refractivity contribution in [3.05, 3.63) is 76.7 Å². The second-order valence-electron chi connectivity index (χ2n) is 7.67. The van der Waals surface area contributed by atoms with E-state index in [2.05, 4.69) is 39.9 Å². The highest BCUT2D eigenvalue weighted by atomic mass is 19.1. The smallest absolute Gasteiger partial charge is 0.229 e. The van der Waals surface area contributed by atoms with Gasteiger partial charge in [-0.1, -0.05) is 24.3 Å². The summed E-state index contributed by atoms with van der Waals surface area (Å²) in [6, 6.07) is 15.3. The Kier molecular flexibility index (Phi) is 4.23. The number of halogens is 1. The lowest BCUT2D eigenvalue weighted by Crippen LogP contribution is -2.08. The number of aromatic nitrogens is 2. The van der Waals surface area contributed by atoms with Crippen molar-refractivity contribution < 1.29 is 4.39 Å². The summed E-state index contributed by atoms with van der Waals surface area (Å²) in [6.45, 7) is 0. The lowest BCUT2D eigenvalue weighted by atomic mass is 9.97. The number of benzene rings is 2. The topological polar surface area (TPSA) is 49.8 Å². The standard InChI is InChI=1S/C23H23FN4/c1-25-22-20-13-12-19(16-4-8-17(24)9-5-16)21(20)27-23(28-22)26-18-10-6-15(7-11-18)14-2-3-14/h4-11,14,19H,2-3,12-13H2,1H3,(H2,25,26,27,28). The van der Waals surface area contributed by atoms with Crippen LogP contribution < -0.4 is 10.6 Å². The largest absolute Gasteiger partial charge is 0.373 e. The maximum atomic E-state index is 13.3. The van der Waals surface area contributed by atoms with E-state index in [0.29, 0.717) is 5.95 Å². The lowest BCUT2D eigenvalue weighted by Gasteiger charge is -2.15. The molecule has 5 rings (SSSR count).